The minimum atomic E-state index is -2.89. The molecule has 1 aromatic heterocycles. The molecule has 1 fully saturated rings. The molecule has 2 aliphatic rings. The fourth-order valence-electron chi connectivity index (χ4n) is 6.00. The van der Waals surface area contributed by atoms with Crippen LogP contribution in [0.25, 0.3) is 10.9 Å². The molecule has 3 heterocycles. The van der Waals surface area contributed by atoms with Gasteiger partial charge < -0.3 is 4.74 Å². The first kappa shape index (κ1) is 26.6. The zero-order valence-corrected chi connectivity index (χ0v) is 22.5. The number of nitrogens with zero attached hydrogens (tertiary/aromatic N) is 3. The van der Waals surface area contributed by atoms with E-state index in [1.54, 1.807) is 23.0 Å². The average molecular weight is 586 g/mol. The number of benzene rings is 2. The fourth-order valence-corrected chi connectivity index (χ4v) is 6.40. The maximum absolute atomic E-state index is 15.5. The van der Waals surface area contributed by atoms with E-state index in [0.29, 0.717) is 28.6 Å². The van der Waals surface area contributed by atoms with Crippen molar-refractivity contribution in [1.82, 2.24) is 14.7 Å². The highest BCUT2D eigenvalue weighted by Crippen LogP contribution is 2.49. The van der Waals surface area contributed by atoms with Gasteiger partial charge >= 0.3 is 0 Å². The number of halogens is 6. The van der Waals surface area contributed by atoms with E-state index in [9.17, 15) is 8.78 Å². The molecule has 3 aromatic rings. The van der Waals surface area contributed by atoms with Crippen LogP contribution in [0.3, 0.4) is 0 Å². The van der Waals surface area contributed by atoms with E-state index < -0.39 is 47.4 Å². The van der Waals surface area contributed by atoms with Gasteiger partial charge in [0.25, 0.3) is 6.43 Å². The second-order valence-corrected chi connectivity index (χ2v) is 11.6. The normalized spacial score (nSPS) is 25.1. The molecule has 4 nitrogen and oxygen atoms in total. The summed E-state index contributed by atoms with van der Waals surface area (Å²) in [5.74, 6) is -1.80. The maximum atomic E-state index is 15.5. The standard InChI is InChI=1S/C27H29BrF5N3O/c1-26(2,33)14-35-22(25(31)32)12-16-17-13-34-36(23-6-4-5-9-37-23)21(17)8-7-18(16)27(35,3)24-19(29)10-15(28)11-20(24)30/h7-8,10-11,13,22-23,25H,4-6,9,12,14H2,1-3H3/t22-,23?,27-/m0/s1. The third kappa shape index (κ3) is 4.59. The molecule has 0 radical (unpaired) electrons. The van der Waals surface area contributed by atoms with Crippen LogP contribution in [0.4, 0.5) is 22.0 Å². The Morgan fingerprint density at radius 3 is 2.49 bits per heavy atom. The molecule has 0 amide bonds. The van der Waals surface area contributed by atoms with Crippen LogP contribution in [0.2, 0.25) is 0 Å². The van der Waals surface area contributed by atoms with Gasteiger partial charge in [0.05, 0.1) is 23.3 Å². The first-order valence-corrected chi connectivity index (χ1v) is 13.2. The van der Waals surface area contributed by atoms with Crippen molar-refractivity contribution in [2.24, 2.45) is 0 Å². The molecule has 1 unspecified atom stereocenters. The summed E-state index contributed by atoms with van der Waals surface area (Å²) in [7, 11) is 0. The van der Waals surface area contributed by atoms with Gasteiger partial charge in [-0.15, -0.1) is 0 Å². The van der Waals surface area contributed by atoms with E-state index in [-0.39, 0.29) is 17.1 Å². The van der Waals surface area contributed by atoms with Crippen LogP contribution in [0.1, 0.15) is 63.0 Å². The molecule has 3 atom stereocenters. The van der Waals surface area contributed by atoms with Crippen molar-refractivity contribution in [3.63, 3.8) is 0 Å². The summed E-state index contributed by atoms with van der Waals surface area (Å²) in [6.45, 7) is 4.22. The first-order valence-electron chi connectivity index (χ1n) is 12.4. The Bertz CT molecular complexity index is 1290. The average Bonchev–Trinajstić information content (AvgIpc) is 3.24. The van der Waals surface area contributed by atoms with Gasteiger partial charge in [0, 0.05) is 28.6 Å². The molecular weight excluding hydrogens is 557 g/mol. The van der Waals surface area contributed by atoms with Crippen LogP contribution in [0.5, 0.6) is 0 Å². The lowest BCUT2D eigenvalue weighted by molar-refractivity contribution is -0.0537. The SMILES string of the molecule is CC(C)(F)CN1[C@H](C(F)F)Cc2c(ccc3c2cnn3C2CCCCO2)[C@@]1(C)c1c(F)cc(Br)cc1F. The molecule has 2 aliphatic heterocycles. The van der Waals surface area contributed by atoms with E-state index in [1.807, 2.05) is 0 Å². The Morgan fingerprint density at radius 2 is 1.89 bits per heavy atom. The molecule has 0 bridgehead atoms. The van der Waals surface area contributed by atoms with Crippen LogP contribution in [0, 0.1) is 11.6 Å². The van der Waals surface area contributed by atoms with Gasteiger partial charge in [-0.1, -0.05) is 22.0 Å². The van der Waals surface area contributed by atoms with Crippen LogP contribution in [-0.4, -0.2) is 46.0 Å². The smallest absolute Gasteiger partial charge is 0.254 e. The molecule has 1 saturated heterocycles. The number of ether oxygens (including phenoxy) is 1. The zero-order chi connectivity index (χ0) is 26.7. The van der Waals surface area contributed by atoms with E-state index >= 15 is 13.2 Å². The highest BCUT2D eigenvalue weighted by atomic mass is 79.9. The highest BCUT2D eigenvalue weighted by molar-refractivity contribution is 9.10. The molecule has 10 heteroatoms. The molecular formula is C27H29BrF5N3O. The molecule has 0 N–H and O–H groups in total. The van der Waals surface area contributed by atoms with Gasteiger partial charge in [0.1, 0.15) is 17.3 Å². The Labute approximate surface area is 220 Å². The molecule has 2 aromatic carbocycles. The molecule has 0 saturated carbocycles. The zero-order valence-electron chi connectivity index (χ0n) is 20.9. The van der Waals surface area contributed by atoms with Crippen molar-refractivity contribution in [3.05, 3.63) is 63.3 Å². The molecule has 0 aliphatic carbocycles. The monoisotopic (exact) mass is 585 g/mol. The predicted molar refractivity (Wildman–Crippen MR) is 134 cm³/mol. The predicted octanol–water partition coefficient (Wildman–Crippen LogP) is 7.28. The van der Waals surface area contributed by atoms with E-state index in [1.165, 1.54) is 25.7 Å². The second-order valence-electron chi connectivity index (χ2n) is 10.7. The van der Waals surface area contributed by atoms with Crippen molar-refractivity contribution in [3.8, 4) is 0 Å². The summed E-state index contributed by atoms with van der Waals surface area (Å²) < 4.78 is 83.2. The van der Waals surface area contributed by atoms with Crippen LogP contribution in [-0.2, 0) is 16.7 Å². The number of fused-ring (bicyclic) bond motifs is 3. The Kier molecular flexibility index (Phi) is 6.90. The molecule has 5 rings (SSSR count). The number of alkyl halides is 3. The summed E-state index contributed by atoms with van der Waals surface area (Å²) in [5, 5.41) is 5.14. The maximum Gasteiger partial charge on any atom is 0.254 e. The number of hydrogen-bond acceptors (Lipinski definition) is 3. The van der Waals surface area contributed by atoms with Gasteiger partial charge in [-0.25, -0.2) is 26.6 Å². The summed E-state index contributed by atoms with van der Waals surface area (Å²) >= 11 is 3.10. The van der Waals surface area contributed by atoms with E-state index in [0.717, 1.165) is 31.4 Å². The van der Waals surface area contributed by atoms with Gasteiger partial charge in [-0.2, -0.15) is 5.10 Å². The van der Waals surface area contributed by atoms with Gasteiger partial charge in [0.15, 0.2) is 6.23 Å². The van der Waals surface area contributed by atoms with Gasteiger partial charge in [0.2, 0.25) is 0 Å². The lowest BCUT2D eigenvalue weighted by atomic mass is 9.73. The summed E-state index contributed by atoms with van der Waals surface area (Å²) in [6.07, 6.45) is 1.06. The van der Waals surface area contributed by atoms with Crippen LogP contribution < -0.4 is 0 Å². The topological polar surface area (TPSA) is 30.3 Å². The van der Waals surface area contributed by atoms with Crippen molar-refractivity contribution in [1.29, 1.82) is 0 Å². The summed E-state index contributed by atoms with van der Waals surface area (Å²) in [6, 6.07) is 4.22. The minimum Gasteiger partial charge on any atom is -0.356 e. The highest BCUT2D eigenvalue weighted by Gasteiger charge is 2.52. The lowest BCUT2D eigenvalue weighted by Crippen LogP contribution is -2.60. The van der Waals surface area contributed by atoms with Crippen molar-refractivity contribution >= 4 is 26.8 Å². The summed E-state index contributed by atoms with van der Waals surface area (Å²) in [4.78, 5) is 1.23. The van der Waals surface area contributed by atoms with Gasteiger partial charge in [-0.05, 0) is 75.8 Å². The minimum absolute atomic E-state index is 0.118. The summed E-state index contributed by atoms with van der Waals surface area (Å²) in [5.41, 5.74) is -2.33. The van der Waals surface area contributed by atoms with Crippen molar-refractivity contribution in [2.75, 3.05) is 13.2 Å². The second kappa shape index (κ2) is 9.61. The van der Waals surface area contributed by atoms with Crippen molar-refractivity contribution < 1.29 is 26.7 Å². The van der Waals surface area contributed by atoms with Crippen LogP contribution >= 0.6 is 15.9 Å². The first-order chi connectivity index (χ1) is 17.4. The fraction of sp³-hybridized carbons (Fsp3) is 0.519. The molecule has 0 spiro atoms. The number of rotatable bonds is 5. The third-order valence-corrected chi connectivity index (χ3v) is 8.02. The van der Waals surface area contributed by atoms with Crippen molar-refractivity contribution in [2.45, 2.75) is 76.4 Å². The Morgan fingerprint density at radius 1 is 1.19 bits per heavy atom. The number of aromatic nitrogens is 2. The number of hydrogen-bond donors (Lipinski definition) is 0. The molecule has 200 valence electrons. The van der Waals surface area contributed by atoms with E-state index in [4.69, 9.17) is 4.74 Å². The Hall–Kier alpha value is -2.04. The largest absolute Gasteiger partial charge is 0.356 e. The van der Waals surface area contributed by atoms with Crippen LogP contribution in [0.15, 0.2) is 34.9 Å². The third-order valence-electron chi connectivity index (χ3n) is 7.56. The Balaban J connectivity index is 1.78. The quantitative estimate of drug-likeness (QED) is 0.295. The van der Waals surface area contributed by atoms with Gasteiger partial charge in [-0.3, -0.25) is 4.90 Å². The van der Waals surface area contributed by atoms with E-state index in [2.05, 4.69) is 21.0 Å². The molecule has 37 heavy (non-hydrogen) atoms. The lowest BCUT2D eigenvalue weighted by Gasteiger charge is -2.52.